The van der Waals surface area contributed by atoms with Crippen LogP contribution in [0.15, 0.2) is 24.3 Å². The molecule has 21 heavy (non-hydrogen) atoms. The fourth-order valence-electron chi connectivity index (χ4n) is 2.73. The zero-order valence-electron chi connectivity index (χ0n) is 12.5. The molecule has 1 aliphatic rings. The Bertz CT molecular complexity index is 522. The topological polar surface area (TPSA) is 69.6 Å². The molecule has 0 heterocycles. The molecule has 1 aromatic carbocycles. The summed E-state index contributed by atoms with van der Waals surface area (Å²) in [6.07, 6.45) is 4.23. The third kappa shape index (κ3) is 3.74. The van der Waals surface area contributed by atoms with Crippen LogP contribution in [0.2, 0.25) is 0 Å². The molecular weight excluding hydrogens is 268 g/mol. The van der Waals surface area contributed by atoms with Gasteiger partial charge in [0.15, 0.2) is 0 Å². The van der Waals surface area contributed by atoms with E-state index in [0.717, 1.165) is 31.6 Å². The van der Waals surface area contributed by atoms with Crippen LogP contribution in [-0.4, -0.2) is 30.2 Å². The molecule has 5 heteroatoms. The van der Waals surface area contributed by atoms with Gasteiger partial charge in [-0.3, -0.25) is 4.90 Å². The van der Waals surface area contributed by atoms with E-state index in [1.165, 1.54) is 11.0 Å². The van der Waals surface area contributed by atoms with Crippen molar-refractivity contribution in [1.29, 1.82) is 0 Å². The van der Waals surface area contributed by atoms with Crippen molar-refractivity contribution in [3.05, 3.63) is 29.8 Å². The molecule has 2 rings (SSSR count). The molecule has 0 aromatic heterocycles. The molecule has 114 valence electrons. The minimum absolute atomic E-state index is 0.132. The lowest BCUT2D eigenvalue weighted by molar-refractivity contribution is 0.0697. The van der Waals surface area contributed by atoms with Gasteiger partial charge in [-0.1, -0.05) is 19.1 Å². The maximum absolute atomic E-state index is 12.3. The van der Waals surface area contributed by atoms with E-state index in [1.54, 1.807) is 25.2 Å². The van der Waals surface area contributed by atoms with E-state index in [4.69, 9.17) is 0 Å². The highest BCUT2D eigenvalue weighted by Gasteiger charge is 2.23. The SMILES string of the molecule is CC1CCC(NC(=O)N(C)c2ccccc2C(=O)O)CC1. The number of carboxylic acid groups (broad SMARTS) is 1. The number of urea groups is 1. The number of benzene rings is 1. The highest BCUT2D eigenvalue weighted by Crippen LogP contribution is 2.24. The van der Waals surface area contributed by atoms with Gasteiger partial charge in [0.2, 0.25) is 0 Å². The summed E-state index contributed by atoms with van der Waals surface area (Å²) in [7, 11) is 1.60. The highest BCUT2D eigenvalue weighted by atomic mass is 16.4. The van der Waals surface area contributed by atoms with Crippen LogP contribution in [0.4, 0.5) is 10.5 Å². The van der Waals surface area contributed by atoms with Gasteiger partial charge in [-0.05, 0) is 43.7 Å². The molecule has 0 saturated heterocycles. The van der Waals surface area contributed by atoms with Crippen LogP contribution < -0.4 is 10.2 Å². The molecule has 1 fully saturated rings. The number of carbonyl (C=O) groups excluding carboxylic acids is 1. The second kappa shape index (κ2) is 6.61. The van der Waals surface area contributed by atoms with E-state index < -0.39 is 5.97 Å². The molecule has 1 aliphatic carbocycles. The lowest BCUT2D eigenvalue weighted by Gasteiger charge is -2.29. The van der Waals surface area contributed by atoms with Crippen LogP contribution in [0.5, 0.6) is 0 Å². The molecule has 0 spiro atoms. The summed E-state index contributed by atoms with van der Waals surface area (Å²) >= 11 is 0. The first-order valence-electron chi connectivity index (χ1n) is 7.35. The van der Waals surface area contributed by atoms with E-state index in [2.05, 4.69) is 12.2 Å². The molecule has 1 saturated carbocycles. The average molecular weight is 290 g/mol. The number of amides is 2. The lowest BCUT2D eigenvalue weighted by Crippen LogP contribution is -2.44. The van der Waals surface area contributed by atoms with Crippen molar-refractivity contribution in [1.82, 2.24) is 5.32 Å². The van der Waals surface area contributed by atoms with Crippen LogP contribution in [0.3, 0.4) is 0 Å². The first kappa shape index (κ1) is 15.4. The van der Waals surface area contributed by atoms with Crippen molar-refractivity contribution < 1.29 is 14.7 Å². The summed E-state index contributed by atoms with van der Waals surface area (Å²) < 4.78 is 0. The van der Waals surface area contributed by atoms with Gasteiger partial charge in [-0.15, -0.1) is 0 Å². The average Bonchev–Trinajstić information content (AvgIpc) is 2.48. The monoisotopic (exact) mass is 290 g/mol. The number of anilines is 1. The van der Waals surface area contributed by atoms with Crippen molar-refractivity contribution in [2.45, 2.75) is 38.6 Å². The molecule has 1 aromatic rings. The number of hydrogen-bond donors (Lipinski definition) is 2. The van der Waals surface area contributed by atoms with Gasteiger partial charge in [0.25, 0.3) is 0 Å². The van der Waals surface area contributed by atoms with Crippen LogP contribution in [0.1, 0.15) is 43.0 Å². The Morgan fingerprint density at radius 2 is 1.81 bits per heavy atom. The van der Waals surface area contributed by atoms with E-state index in [0.29, 0.717) is 5.69 Å². The van der Waals surface area contributed by atoms with Gasteiger partial charge < -0.3 is 10.4 Å². The maximum Gasteiger partial charge on any atom is 0.337 e. The molecule has 5 nitrogen and oxygen atoms in total. The van der Waals surface area contributed by atoms with Crippen LogP contribution in [-0.2, 0) is 0 Å². The predicted octanol–water partition coefficient (Wildman–Crippen LogP) is 3.11. The molecule has 2 N–H and O–H groups in total. The Kier molecular flexibility index (Phi) is 4.83. The Hall–Kier alpha value is -2.04. The number of hydrogen-bond acceptors (Lipinski definition) is 2. The van der Waals surface area contributed by atoms with E-state index in [-0.39, 0.29) is 17.6 Å². The van der Waals surface area contributed by atoms with E-state index >= 15 is 0 Å². The molecule has 0 aliphatic heterocycles. The number of para-hydroxylation sites is 1. The van der Waals surface area contributed by atoms with Crippen LogP contribution in [0, 0.1) is 5.92 Å². The normalized spacial score (nSPS) is 21.6. The van der Waals surface area contributed by atoms with Gasteiger partial charge in [0.1, 0.15) is 0 Å². The summed E-state index contributed by atoms with van der Waals surface area (Å²) in [6.45, 7) is 2.23. The fraction of sp³-hybridized carbons (Fsp3) is 0.500. The van der Waals surface area contributed by atoms with Crippen molar-refractivity contribution in [2.24, 2.45) is 5.92 Å². The summed E-state index contributed by atoms with van der Waals surface area (Å²) in [5.74, 6) is -0.305. The molecule has 0 radical (unpaired) electrons. The molecule has 2 amide bonds. The Morgan fingerprint density at radius 3 is 2.43 bits per heavy atom. The smallest absolute Gasteiger partial charge is 0.337 e. The number of nitrogens with one attached hydrogen (secondary N) is 1. The Balaban J connectivity index is 2.04. The second-order valence-electron chi connectivity index (χ2n) is 5.79. The van der Waals surface area contributed by atoms with Crippen LogP contribution in [0.25, 0.3) is 0 Å². The Labute approximate surface area is 125 Å². The van der Waals surface area contributed by atoms with Gasteiger partial charge in [-0.2, -0.15) is 0 Å². The zero-order chi connectivity index (χ0) is 15.4. The second-order valence-corrected chi connectivity index (χ2v) is 5.79. The number of nitrogens with zero attached hydrogens (tertiary/aromatic N) is 1. The number of carbonyl (C=O) groups is 2. The summed E-state index contributed by atoms with van der Waals surface area (Å²) in [5.41, 5.74) is 0.541. The summed E-state index contributed by atoms with van der Waals surface area (Å²) in [5, 5.41) is 12.2. The molecular formula is C16H22N2O3. The van der Waals surface area contributed by atoms with Crippen molar-refractivity contribution in [3.8, 4) is 0 Å². The van der Waals surface area contributed by atoms with Crippen LogP contribution >= 0.6 is 0 Å². The minimum atomic E-state index is -1.03. The third-order valence-electron chi connectivity index (χ3n) is 4.14. The molecule has 0 unspecified atom stereocenters. The van der Waals surface area contributed by atoms with Gasteiger partial charge in [0, 0.05) is 13.1 Å². The first-order chi connectivity index (χ1) is 9.99. The van der Waals surface area contributed by atoms with Gasteiger partial charge >= 0.3 is 12.0 Å². The highest BCUT2D eigenvalue weighted by molar-refractivity contribution is 6.01. The predicted molar refractivity (Wildman–Crippen MR) is 81.8 cm³/mol. The quantitative estimate of drug-likeness (QED) is 0.898. The summed E-state index contributed by atoms with van der Waals surface area (Å²) in [6, 6.07) is 6.47. The lowest BCUT2D eigenvalue weighted by atomic mass is 9.87. The fourth-order valence-corrected chi connectivity index (χ4v) is 2.73. The Morgan fingerprint density at radius 1 is 1.19 bits per heavy atom. The zero-order valence-corrected chi connectivity index (χ0v) is 12.5. The maximum atomic E-state index is 12.3. The number of aromatic carboxylic acids is 1. The van der Waals surface area contributed by atoms with Crippen molar-refractivity contribution >= 4 is 17.7 Å². The van der Waals surface area contributed by atoms with Crippen molar-refractivity contribution in [2.75, 3.05) is 11.9 Å². The molecule has 0 atom stereocenters. The number of carboxylic acids is 1. The molecule has 0 bridgehead atoms. The van der Waals surface area contributed by atoms with E-state index in [1.807, 2.05) is 0 Å². The summed E-state index contributed by atoms with van der Waals surface area (Å²) in [4.78, 5) is 24.9. The largest absolute Gasteiger partial charge is 0.478 e. The third-order valence-corrected chi connectivity index (χ3v) is 4.14. The van der Waals surface area contributed by atoms with Gasteiger partial charge in [0.05, 0.1) is 11.3 Å². The standard InChI is InChI=1S/C16H22N2O3/c1-11-7-9-12(10-8-11)17-16(21)18(2)14-6-4-3-5-13(14)15(19)20/h3-6,11-12H,7-10H2,1-2H3,(H,17,21)(H,19,20). The van der Waals surface area contributed by atoms with Crippen molar-refractivity contribution in [3.63, 3.8) is 0 Å². The first-order valence-corrected chi connectivity index (χ1v) is 7.35. The number of rotatable bonds is 3. The van der Waals surface area contributed by atoms with E-state index in [9.17, 15) is 14.7 Å². The minimum Gasteiger partial charge on any atom is -0.478 e. The van der Waals surface area contributed by atoms with Gasteiger partial charge in [-0.25, -0.2) is 9.59 Å².